The van der Waals surface area contributed by atoms with Crippen molar-refractivity contribution in [2.75, 3.05) is 37.6 Å². The number of carbonyl (C=O) groups is 1. The molecule has 96 valence electrons. The van der Waals surface area contributed by atoms with E-state index in [1.807, 2.05) is 4.90 Å². The Kier molecular flexibility index (Phi) is 5.74. The van der Waals surface area contributed by atoms with Gasteiger partial charge in [0.05, 0.1) is 5.00 Å². The molecule has 0 unspecified atom stereocenters. The Morgan fingerprint density at radius 2 is 2.06 bits per heavy atom. The summed E-state index contributed by atoms with van der Waals surface area (Å²) in [5.41, 5.74) is 5.38. The molecule has 0 aliphatic carbocycles. The maximum atomic E-state index is 11.6. The summed E-state index contributed by atoms with van der Waals surface area (Å²) in [7, 11) is 0. The molecular weight excluding hydrogens is 258 g/mol. The number of anilines is 1. The highest BCUT2D eigenvalue weighted by Gasteiger charge is 2.20. The number of piperazine rings is 1. The maximum absolute atomic E-state index is 11.6. The molecule has 1 aliphatic rings. The molecule has 4 nitrogen and oxygen atoms in total. The van der Waals surface area contributed by atoms with E-state index in [-0.39, 0.29) is 18.3 Å². The van der Waals surface area contributed by atoms with Gasteiger partial charge in [0, 0.05) is 39.1 Å². The van der Waals surface area contributed by atoms with Gasteiger partial charge in [0.1, 0.15) is 0 Å². The highest BCUT2D eigenvalue weighted by Crippen LogP contribution is 2.22. The highest BCUT2D eigenvalue weighted by atomic mass is 35.5. The fourth-order valence-electron chi connectivity index (χ4n) is 1.91. The van der Waals surface area contributed by atoms with E-state index in [1.54, 1.807) is 11.3 Å². The number of thiophene rings is 1. The molecule has 1 aromatic heterocycles. The fourth-order valence-corrected chi connectivity index (χ4v) is 2.69. The van der Waals surface area contributed by atoms with Crippen molar-refractivity contribution in [3.63, 3.8) is 0 Å². The summed E-state index contributed by atoms with van der Waals surface area (Å²) >= 11 is 1.75. The first-order valence-corrected chi connectivity index (χ1v) is 6.45. The van der Waals surface area contributed by atoms with Gasteiger partial charge in [-0.05, 0) is 17.5 Å². The molecule has 17 heavy (non-hydrogen) atoms. The summed E-state index contributed by atoms with van der Waals surface area (Å²) in [6, 6.07) is 4.19. The Morgan fingerprint density at radius 1 is 1.35 bits per heavy atom. The molecule has 1 aromatic rings. The predicted octanol–water partition coefficient (Wildman–Crippen LogP) is 1.17. The lowest BCUT2D eigenvalue weighted by atomic mass is 10.3. The van der Waals surface area contributed by atoms with Crippen molar-refractivity contribution in [3.05, 3.63) is 17.5 Å². The zero-order chi connectivity index (χ0) is 11.4. The van der Waals surface area contributed by atoms with Crippen molar-refractivity contribution in [2.24, 2.45) is 5.73 Å². The minimum absolute atomic E-state index is 0. The lowest BCUT2D eigenvalue weighted by molar-refractivity contribution is -0.131. The molecule has 1 saturated heterocycles. The van der Waals surface area contributed by atoms with Crippen molar-refractivity contribution in [1.82, 2.24) is 4.90 Å². The fraction of sp³-hybridized carbons (Fsp3) is 0.545. The van der Waals surface area contributed by atoms with Crippen LogP contribution < -0.4 is 10.6 Å². The maximum Gasteiger partial charge on any atom is 0.223 e. The van der Waals surface area contributed by atoms with Gasteiger partial charge in [0.25, 0.3) is 0 Å². The van der Waals surface area contributed by atoms with Gasteiger partial charge in [-0.2, -0.15) is 0 Å². The molecule has 2 N–H and O–H groups in total. The molecule has 0 spiro atoms. The molecule has 2 heterocycles. The molecule has 0 bridgehead atoms. The summed E-state index contributed by atoms with van der Waals surface area (Å²) in [6.07, 6.45) is 0.471. The molecule has 1 aliphatic heterocycles. The smallest absolute Gasteiger partial charge is 0.223 e. The van der Waals surface area contributed by atoms with Gasteiger partial charge in [-0.15, -0.1) is 23.7 Å². The van der Waals surface area contributed by atoms with Gasteiger partial charge < -0.3 is 15.5 Å². The van der Waals surface area contributed by atoms with Crippen molar-refractivity contribution >= 4 is 34.7 Å². The van der Waals surface area contributed by atoms with Crippen LogP contribution in [0.25, 0.3) is 0 Å². The molecule has 6 heteroatoms. The molecule has 1 amide bonds. The first kappa shape index (κ1) is 14.3. The van der Waals surface area contributed by atoms with E-state index in [4.69, 9.17) is 5.73 Å². The first-order chi connectivity index (χ1) is 7.81. The largest absolute Gasteiger partial charge is 0.360 e. The van der Waals surface area contributed by atoms with Crippen LogP contribution in [-0.4, -0.2) is 43.5 Å². The van der Waals surface area contributed by atoms with Gasteiger partial charge >= 0.3 is 0 Å². The molecule has 0 aromatic carbocycles. The van der Waals surface area contributed by atoms with E-state index < -0.39 is 0 Å². The number of rotatable bonds is 3. The number of halogens is 1. The Bertz CT molecular complexity index is 336. The normalized spacial score (nSPS) is 15.6. The quantitative estimate of drug-likeness (QED) is 0.901. The van der Waals surface area contributed by atoms with Gasteiger partial charge in [-0.3, -0.25) is 4.79 Å². The van der Waals surface area contributed by atoms with Crippen LogP contribution in [0, 0.1) is 0 Å². The number of nitrogens with two attached hydrogens (primary N) is 1. The van der Waals surface area contributed by atoms with Crippen LogP contribution in [0.1, 0.15) is 6.42 Å². The van der Waals surface area contributed by atoms with Crippen molar-refractivity contribution in [2.45, 2.75) is 6.42 Å². The van der Waals surface area contributed by atoms with E-state index in [1.165, 1.54) is 5.00 Å². The number of hydrogen-bond acceptors (Lipinski definition) is 4. The van der Waals surface area contributed by atoms with Gasteiger partial charge in [0.2, 0.25) is 5.91 Å². The monoisotopic (exact) mass is 275 g/mol. The minimum atomic E-state index is 0. The second kappa shape index (κ2) is 6.83. The lowest BCUT2D eigenvalue weighted by Crippen LogP contribution is -2.48. The summed E-state index contributed by atoms with van der Waals surface area (Å²) < 4.78 is 0. The predicted molar refractivity (Wildman–Crippen MR) is 74.0 cm³/mol. The number of hydrogen-bond donors (Lipinski definition) is 1. The Hall–Kier alpha value is -0.780. The van der Waals surface area contributed by atoms with Crippen molar-refractivity contribution in [1.29, 1.82) is 0 Å². The van der Waals surface area contributed by atoms with E-state index in [0.29, 0.717) is 13.0 Å². The molecule has 1 fully saturated rings. The Morgan fingerprint density at radius 3 is 2.59 bits per heavy atom. The summed E-state index contributed by atoms with van der Waals surface area (Å²) in [5, 5.41) is 3.38. The minimum Gasteiger partial charge on any atom is -0.360 e. The third-order valence-electron chi connectivity index (χ3n) is 2.81. The summed E-state index contributed by atoms with van der Waals surface area (Å²) in [5.74, 6) is 0.188. The Balaban J connectivity index is 0.00000144. The zero-order valence-corrected chi connectivity index (χ0v) is 11.3. The SMILES string of the molecule is Cl.NCCC(=O)N1CCN(c2cccs2)CC1. The third kappa shape index (κ3) is 3.59. The second-order valence-corrected chi connectivity index (χ2v) is 4.78. The van der Waals surface area contributed by atoms with Gasteiger partial charge in [-0.1, -0.05) is 0 Å². The van der Waals surface area contributed by atoms with E-state index >= 15 is 0 Å². The molecular formula is C11H18ClN3OS. The summed E-state index contributed by atoms with van der Waals surface area (Å²) in [6.45, 7) is 3.94. The topological polar surface area (TPSA) is 49.6 Å². The van der Waals surface area contributed by atoms with Crippen LogP contribution in [0.15, 0.2) is 17.5 Å². The van der Waals surface area contributed by atoms with Crippen LogP contribution >= 0.6 is 23.7 Å². The molecule has 2 rings (SSSR count). The molecule has 0 atom stereocenters. The van der Waals surface area contributed by atoms with Gasteiger partial charge in [-0.25, -0.2) is 0 Å². The van der Waals surface area contributed by atoms with Crippen LogP contribution in [0.4, 0.5) is 5.00 Å². The molecule has 0 saturated carbocycles. The zero-order valence-electron chi connectivity index (χ0n) is 9.67. The van der Waals surface area contributed by atoms with E-state index in [9.17, 15) is 4.79 Å². The number of nitrogens with zero attached hydrogens (tertiary/aromatic N) is 2. The Labute approximate surface area is 112 Å². The van der Waals surface area contributed by atoms with Crippen molar-refractivity contribution < 1.29 is 4.79 Å². The van der Waals surface area contributed by atoms with Crippen LogP contribution in [-0.2, 0) is 4.79 Å². The number of carbonyl (C=O) groups excluding carboxylic acids is 1. The standard InChI is InChI=1S/C11H17N3OS.ClH/c12-4-3-10(15)13-5-7-14(8-6-13)11-2-1-9-16-11;/h1-2,9H,3-8,12H2;1H. The van der Waals surface area contributed by atoms with E-state index in [2.05, 4.69) is 22.4 Å². The van der Waals surface area contributed by atoms with Crippen LogP contribution in [0.2, 0.25) is 0 Å². The first-order valence-electron chi connectivity index (χ1n) is 5.57. The summed E-state index contributed by atoms with van der Waals surface area (Å²) in [4.78, 5) is 15.9. The van der Waals surface area contributed by atoms with Crippen LogP contribution in [0.5, 0.6) is 0 Å². The van der Waals surface area contributed by atoms with Crippen molar-refractivity contribution in [3.8, 4) is 0 Å². The second-order valence-electron chi connectivity index (χ2n) is 3.86. The van der Waals surface area contributed by atoms with Crippen LogP contribution in [0.3, 0.4) is 0 Å². The third-order valence-corrected chi connectivity index (χ3v) is 3.74. The van der Waals surface area contributed by atoms with Gasteiger partial charge in [0.15, 0.2) is 0 Å². The van der Waals surface area contributed by atoms with E-state index in [0.717, 1.165) is 26.2 Å². The number of amides is 1. The lowest BCUT2D eigenvalue weighted by Gasteiger charge is -2.35. The average Bonchev–Trinajstić information content (AvgIpc) is 2.83. The molecule has 0 radical (unpaired) electrons. The average molecular weight is 276 g/mol. The highest BCUT2D eigenvalue weighted by molar-refractivity contribution is 7.14.